The van der Waals surface area contributed by atoms with Gasteiger partial charge >= 0.3 is 0 Å². The summed E-state index contributed by atoms with van der Waals surface area (Å²) in [5, 5.41) is 12.7. The minimum Gasteiger partial charge on any atom is -0.310 e. The molecule has 0 amide bonds. The molecule has 1 saturated carbocycles. The minimum atomic E-state index is 0.528. The number of nitriles is 1. The standard InChI is InChI=1S/C23H28N2/c1-18(14-15-24)22-8-5-9-23(16-22)25-17-19-10-12-21(13-11-19)20-6-3-2-4-7-20/h2-4,6-7,10-13,18,22-23,25H,5,8-9,14,16-17H2,1H3/t18?,22?,23-/m0/s1. The fraction of sp³-hybridized carbons (Fsp3) is 0.435. The van der Waals surface area contributed by atoms with Gasteiger partial charge in [0.1, 0.15) is 0 Å². The highest BCUT2D eigenvalue weighted by atomic mass is 14.9. The van der Waals surface area contributed by atoms with Gasteiger partial charge in [0.15, 0.2) is 0 Å². The van der Waals surface area contributed by atoms with Gasteiger partial charge in [0.2, 0.25) is 0 Å². The number of nitrogens with one attached hydrogen (secondary N) is 1. The Hall–Kier alpha value is -2.11. The van der Waals surface area contributed by atoms with Crippen LogP contribution in [0.3, 0.4) is 0 Å². The van der Waals surface area contributed by atoms with E-state index in [2.05, 4.69) is 72.9 Å². The first-order valence-corrected chi connectivity index (χ1v) is 9.51. The van der Waals surface area contributed by atoms with E-state index < -0.39 is 0 Å². The molecule has 1 aliphatic carbocycles. The van der Waals surface area contributed by atoms with Gasteiger partial charge in [-0.25, -0.2) is 0 Å². The van der Waals surface area contributed by atoms with Gasteiger partial charge in [-0.15, -0.1) is 0 Å². The maximum absolute atomic E-state index is 8.92. The molecule has 2 aromatic carbocycles. The van der Waals surface area contributed by atoms with Gasteiger partial charge in [0, 0.05) is 19.0 Å². The highest BCUT2D eigenvalue weighted by molar-refractivity contribution is 5.63. The lowest BCUT2D eigenvalue weighted by atomic mass is 9.77. The molecule has 130 valence electrons. The van der Waals surface area contributed by atoms with Crippen molar-refractivity contribution in [3.63, 3.8) is 0 Å². The third-order valence-electron chi connectivity index (χ3n) is 5.59. The summed E-state index contributed by atoms with van der Waals surface area (Å²) in [6, 6.07) is 22.3. The SMILES string of the molecule is CC(CC#N)C1CCC[C@H](NCc2ccc(-c3ccccc3)cc2)C1. The molecular formula is C23H28N2. The van der Waals surface area contributed by atoms with Crippen molar-refractivity contribution in [3.8, 4) is 17.2 Å². The lowest BCUT2D eigenvalue weighted by Gasteiger charge is -2.32. The predicted octanol–water partition coefficient (Wildman–Crippen LogP) is 5.55. The van der Waals surface area contributed by atoms with Crippen LogP contribution in [0.5, 0.6) is 0 Å². The summed E-state index contributed by atoms with van der Waals surface area (Å²) in [5.41, 5.74) is 3.88. The second kappa shape index (κ2) is 8.83. The van der Waals surface area contributed by atoms with Crippen molar-refractivity contribution < 1.29 is 0 Å². The van der Waals surface area contributed by atoms with Crippen molar-refractivity contribution in [1.29, 1.82) is 5.26 Å². The van der Waals surface area contributed by atoms with Crippen LogP contribution >= 0.6 is 0 Å². The van der Waals surface area contributed by atoms with E-state index in [-0.39, 0.29) is 0 Å². The van der Waals surface area contributed by atoms with Gasteiger partial charge < -0.3 is 5.32 Å². The van der Waals surface area contributed by atoms with Crippen LogP contribution in [0.15, 0.2) is 54.6 Å². The Morgan fingerprint density at radius 3 is 2.48 bits per heavy atom. The number of rotatable bonds is 6. The molecule has 0 saturated heterocycles. The van der Waals surface area contributed by atoms with Crippen LogP contribution in [0.1, 0.15) is 44.6 Å². The second-order valence-electron chi connectivity index (χ2n) is 7.41. The third kappa shape index (κ3) is 4.94. The molecule has 0 radical (unpaired) electrons. The zero-order valence-electron chi connectivity index (χ0n) is 15.1. The van der Waals surface area contributed by atoms with Crippen LogP contribution in [-0.4, -0.2) is 6.04 Å². The fourth-order valence-electron chi connectivity index (χ4n) is 3.95. The van der Waals surface area contributed by atoms with E-state index >= 15 is 0 Å². The molecule has 2 heteroatoms. The average molecular weight is 332 g/mol. The molecule has 0 bridgehead atoms. The van der Waals surface area contributed by atoms with Crippen molar-refractivity contribution >= 4 is 0 Å². The number of benzene rings is 2. The molecular weight excluding hydrogens is 304 g/mol. The maximum Gasteiger partial charge on any atom is 0.0624 e. The Morgan fingerprint density at radius 1 is 1.04 bits per heavy atom. The molecule has 25 heavy (non-hydrogen) atoms. The van der Waals surface area contributed by atoms with Crippen LogP contribution in [0, 0.1) is 23.2 Å². The van der Waals surface area contributed by atoms with Crippen molar-refractivity contribution in [1.82, 2.24) is 5.32 Å². The molecule has 3 atom stereocenters. The van der Waals surface area contributed by atoms with E-state index in [0.29, 0.717) is 24.3 Å². The van der Waals surface area contributed by atoms with Crippen molar-refractivity contribution in [2.75, 3.05) is 0 Å². The quantitative estimate of drug-likeness (QED) is 0.752. The van der Waals surface area contributed by atoms with Gasteiger partial charge in [-0.3, -0.25) is 0 Å². The van der Waals surface area contributed by atoms with Crippen LogP contribution in [0.4, 0.5) is 0 Å². The number of hydrogen-bond acceptors (Lipinski definition) is 2. The molecule has 3 rings (SSSR count). The van der Waals surface area contributed by atoms with E-state index in [9.17, 15) is 0 Å². The number of nitrogens with zero attached hydrogens (tertiary/aromatic N) is 1. The molecule has 0 aliphatic heterocycles. The van der Waals surface area contributed by atoms with Crippen molar-refractivity contribution in [2.24, 2.45) is 11.8 Å². The topological polar surface area (TPSA) is 35.8 Å². The first-order chi connectivity index (χ1) is 12.3. The Bertz CT molecular complexity index is 684. The Morgan fingerprint density at radius 2 is 1.76 bits per heavy atom. The minimum absolute atomic E-state index is 0.528. The maximum atomic E-state index is 8.92. The van der Waals surface area contributed by atoms with E-state index in [0.717, 1.165) is 6.54 Å². The zero-order valence-corrected chi connectivity index (χ0v) is 15.1. The second-order valence-corrected chi connectivity index (χ2v) is 7.41. The van der Waals surface area contributed by atoms with Crippen molar-refractivity contribution in [3.05, 3.63) is 60.2 Å². The summed E-state index contributed by atoms with van der Waals surface area (Å²) >= 11 is 0. The first-order valence-electron chi connectivity index (χ1n) is 9.51. The number of hydrogen-bond donors (Lipinski definition) is 1. The van der Waals surface area contributed by atoms with Gasteiger partial charge in [0.25, 0.3) is 0 Å². The van der Waals surface area contributed by atoms with Crippen molar-refractivity contribution in [2.45, 2.75) is 51.6 Å². The van der Waals surface area contributed by atoms with Crippen LogP contribution in [-0.2, 0) is 6.54 Å². The highest BCUT2D eigenvalue weighted by Crippen LogP contribution is 2.31. The molecule has 2 nitrogen and oxygen atoms in total. The smallest absolute Gasteiger partial charge is 0.0624 e. The summed E-state index contributed by atoms with van der Waals surface area (Å²) in [6.07, 6.45) is 5.74. The lowest BCUT2D eigenvalue weighted by molar-refractivity contribution is 0.222. The van der Waals surface area contributed by atoms with Gasteiger partial charge in [-0.2, -0.15) is 5.26 Å². The van der Waals surface area contributed by atoms with Crippen LogP contribution < -0.4 is 5.32 Å². The monoisotopic (exact) mass is 332 g/mol. The molecule has 0 spiro atoms. The van der Waals surface area contributed by atoms with E-state index in [1.165, 1.54) is 42.4 Å². The molecule has 2 aromatic rings. The Balaban J connectivity index is 1.52. The van der Waals surface area contributed by atoms with Crippen LogP contribution in [0.25, 0.3) is 11.1 Å². The molecule has 0 aromatic heterocycles. The predicted molar refractivity (Wildman–Crippen MR) is 104 cm³/mol. The normalized spacial score (nSPS) is 21.4. The Kier molecular flexibility index (Phi) is 6.25. The molecule has 1 fully saturated rings. The van der Waals surface area contributed by atoms with E-state index in [1.807, 2.05) is 0 Å². The summed E-state index contributed by atoms with van der Waals surface area (Å²) in [4.78, 5) is 0. The molecule has 1 N–H and O–H groups in total. The highest BCUT2D eigenvalue weighted by Gasteiger charge is 2.25. The summed E-state index contributed by atoms with van der Waals surface area (Å²) in [5.74, 6) is 1.23. The molecule has 1 aliphatic rings. The fourth-order valence-corrected chi connectivity index (χ4v) is 3.95. The first kappa shape index (κ1) is 17.7. The Labute approximate surface area is 151 Å². The average Bonchev–Trinajstić information content (AvgIpc) is 2.68. The van der Waals surface area contributed by atoms with Gasteiger partial charge in [0.05, 0.1) is 6.07 Å². The van der Waals surface area contributed by atoms with Crippen LogP contribution in [0.2, 0.25) is 0 Å². The molecule has 0 heterocycles. The third-order valence-corrected chi connectivity index (χ3v) is 5.59. The van der Waals surface area contributed by atoms with Gasteiger partial charge in [-0.1, -0.05) is 74.4 Å². The van der Waals surface area contributed by atoms with E-state index in [4.69, 9.17) is 5.26 Å². The summed E-state index contributed by atoms with van der Waals surface area (Å²) in [7, 11) is 0. The van der Waals surface area contributed by atoms with Gasteiger partial charge in [-0.05, 0) is 41.4 Å². The summed E-state index contributed by atoms with van der Waals surface area (Å²) < 4.78 is 0. The lowest BCUT2D eigenvalue weighted by Crippen LogP contribution is -2.35. The largest absolute Gasteiger partial charge is 0.310 e. The summed E-state index contributed by atoms with van der Waals surface area (Å²) in [6.45, 7) is 3.16. The molecule has 2 unspecified atom stereocenters. The zero-order chi connectivity index (χ0) is 17.5. The van der Waals surface area contributed by atoms with E-state index in [1.54, 1.807) is 0 Å².